The molecule has 0 bridgehead atoms. The topological polar surface area (TPSA) is 93.2 Å². The number of carbonyl (C=O) groups is 1. The van der Waals surface area contributed by atoms with E-state index < -0.39 is 0 Å². The number of oxazole rings is 1. The Bertz CT molecular complexity index is 607. The molecular weight excluding hydrogens is 256 g/mol. The molecule has 6 nitrogen and oxygen atoms in total. The first kappa shape index (κ1) is 14.1. The molecule has 6 heteroatoms. The molecule has 1 heterocycles. The van der Waals surface area contributed by atoms with Crippen LogP contribution in [-0.4, -0.2) is 10.9 Å². The zero-order valence-corrected chi connectivity index (χ0v) is 11.6. The van der Waals surface area contributed by atoms with Crippen molar-refractivity contribution < 1.29 is 9.21 Å². The van der Waals surface area contributed by atoms with Gasteiger partial charge in [-0.15, -0.1) is 0 Å². The molecule has 4 N–H and O–H groups in total. The van der Waals surface area contributed by atoms with E-state index in [1.54, 1.807) is 18.3 Å². The predicted molar refractivity (Wildman–Crippen MR) is 76.0 cm³/mol. The molecular formula is C14H18N4O2. The fraction of sp³-hybridized carbons (Fsp3) is 0.286. The van der Waals surface area contributed by atoms with Crippen LogP contribution in [0, 0.1) is 6.92 Å². The molecule has 0 radical (unpaired) electrons. The van der Waals surface area contributed by atoms with Gasteiger partial charge in [0.15, 0.2) is 0 Å². The fourth-order valence-electron chi connectivity index (χ4n) is 1.85. The molecule has 1 aromatic heterocycles. The Morgan fingerprint density at radius 3 is 2.85 bits per heavy atom. The van der Waals surface area contributed by atoms with Gasteiger partial charge in [-0.1, -0.05) is 6.92 Å². The maximum absolute atomic E-state index is 12.1. The number of nitrogen functional groups attached to an aromatic ring is 1. The average Bonchev–Trinajstić information content (AvgIpc) is 2.92. The van der Waals surface area contributed by atoms with Crippen molar-refractivity contribution in [3.8, 4) is 0 Å². The number of hydrogen-bond donors (Lipinski definition) is 3. The number of nitrogens with zero attached hydrogens (tertiary/aromatic N) is 1. The second-order valence-corrected chi connectivity index (χ2v) is 4.43. The number of amides is 1. The van der Waals surface area contributed by atoms with Crippen LogP contribution in [0.5, 0.6) is 0 Å². The minimum Gasteiger partial charge on any atom is -0.444 e. The molecule has 0 aliphatic carbocycles. The first-order valence-corrected chi connectivity index (χ1v) is 6.43. The van der Waals surface area contributed by atoms with E-state index >= 15 is 0 Å². The third-order valence-electron chi connectivity index (χ3n) is 2.99. The first-order chi connectivity index (χ1) is 9.63. The largest absolute Gasteiger partial charge is 0.444 e. The Hall–Kier alpha value is -2.34. The molecule has 1 amide bonds. The highest BCUT2D eigenvalue weighted by molar-refractivity contribution is 5.95. The van der Waals surface area contributed by atoms with E-state index in [1.165, 1.54) is 0 Å². The maximum Gasteiger partial charge on any atom is 0.251 e. The molecule has 2 rings (SSSR count). The number of rotatable bonds is 5. The summed E-state index contributed by atoms with van der Waals surface area (Å²) in [4.78, 5) is 16.2. The van der Waals surface area contributed by atoms with Gasteiger partial charge in [0.1, 0.15) is 5.76 Å². The van der Waals surface area contributed by atoms with Gasteiger partial charge >= 0.3 is 0 Å². The molecule has 0 saturated heterocycles. The summed E-state index contributed by atoms with van der Waals surface area (Å²) in [6.45, 7) is 4.12. The van der Waals surface area contributed by atoms with E-state index in [-0.39, 0.29) is 12.5 Å². The summed E-state index contributed by atoms with van der Waals surface area (Å²) < 4.78 is 5.43. The minimum atomic E-state index is -0.165. The fourth-order valence-corrected chi connectivity index (χ4v) is 1.85. The van der Waals surface area contributed by atoms with Gasteiger partial charge in [-0.25, -0.2) is 4.98 Å². The van der Waals surface area contributed by atoms with Crippen molar-refractivity contribution in [1.82, 2.24) is 10.3 Å². The van der Waals surface area contributed by atoms with Crippen LogP contribution < -0.4 is 16.6 Å². The SMILES string of the molecule is CCc1cnc(CNC(=O)c2ccc(NN)cc2C)o1. The molecule has 2 aromatic rings. The highest BCUT2D eigenvalue weighted by atomic mass is 16.4. The van der Waals surface area contributed by atoms with Crippen molar-refractivity contribution in [2.24, 2.45) is 5.84 Å². The maximum atomic E-state index is 12.1. The first-order valence-electron chi connectivity index (χ1n) is 6.43. The Morgan fingerprint density at radius 2 is 2.25 bits per heavy atom. The molecule has 1 aromatic carbocycles. The van der Waals surface area contributed by atoms with Crippen LogP contribution in [0.1, 0.15) is 34.5 Å². The Kier molecular flexibility index (Phi) is 4.37. The van der Waals surface area contributed by atoms with Crippen LogP contribution in [-0.2, 0) is 13.0 Å². The molecule has 0 aliphatic heterocycles. The predicted octanol–water partition coefficient (Wildman–Crippen LogP) is 1.76. The van der Waals surface area contributed by atoms with Gasteiger partial charge in [0.05, 0.1) is 12.7 Å². The summed E-state index contributed by atoms with van der Waals surface area (Å²) in [5.41, 5.74) is 4.76. The lowest BCUT2D eigenvalue weighted by Gasteiger charge is -2.08. The number of aryl methyl sites for hydroxylation is 2. The number of aromatic nitrogens is 1. The zero-order chi connectivity index (χ0) is 14.5. The molecule has 0 aliphatic rings. The van der Waals surface area contributed by atoms with Gasteiger partial charge in [-0.05, 0) is 30.7 Å². The summed E-state index contributed by atoms with van der Waals surface area (Å²) in [5.74, 6) is 6.48. The number of carbonyl (C=O) groups excluding carboxylic acids is 1. The summed E-state index contributed by atoms with van der Waals surface area (Å²) in [7, 11) is 0. The Morgan fingerprint density at radius 1 is 1.45 bits per heavy atom. The normalized spacial score (nSPS) is 10.3. The number of nitrogens with two attached hydrogens (primary N) is 1. The van der Waals surface area contributed by atoms with E-state index in [0.29, 0.717) is 11.5 Å². The van der Waals surface area contributed by atoms with Crippen molar-refractivity contribution in [3.63, 3.8) is 0 Å². The third kappa shape index (κ3) is 3.16. The van der Waals surface area contributed by atoms with Crippen molar-refractivity contribution in [2.75, 3.05) is 5.43 Å². The lowest BCUT2D eigenvalue weighted by atomic mass is 10.1. The van der Waals surface area contributed by atoms with Crippen molar-refractivity contribution >= 4 is 11.6 Å². The minimum absolute atomic E-state index is 0.165. The van der Waals surface area contributed by atoms with Crippen molar-refractivity contribution in [2.45, 2.75) is 26.8 Å². The van der Waals surface area contributed by atoms with Gasteiger partial charge < -0.3 is 15.2 Å². The third-order valence-corrected chi connectivity index (χ3v) is 2.99. The number of hydrogen-bond acceptors (Lipinski definition) is 5. The smallest absolute Gasteiger partial charge is 0.251 e. The van der Waals surface area contributed by atoms with E-state index in [4.69, 9.17) is 10.3 Å². The molecule has 20 heavy (non-hydrogen) atoms. The van der Waals surface area contributed by atoms with Crippen LogP contribution >= 0.6 is 0 Å². The second-order valence-electron chi connectivity index (χ2n) is 4.43. The summed E-state index contributed by atoms with van der Waals surface area (Å²) in [6, 6.07) is 5.30. The van der Waals surface area contributed by atoms with Crippen molar-refractivity contribution in [1.29, 1.82) is 0 Å². The van der Waals surface area contributed by atoms with Gasteiger partial charge in [0.2, 0.25) is 5.89 Å². The van der Waals surface area contributed by atoms with Gasteiger partial charge in [0, 0.05) is 17.7 Å². The van der Waals surface area contributed by atoms with Gasteiger partial charge in [-0.3, -0.25) is 10.6 Å². The Balaban J connectivity index is 2.01. The van der Waals surface area contributed by atoms with Crippen LogP contribution in [0.4, 0.5) is 5.69 Å². The quantitative estimate of drug-likeness (QED) is 0.570. The standard InChI is InChI=1S/C14H18N4O2/c1-3-11-7-16-13(20-11)8-17-14(19)12-5-4-10(18-15)6-9(12)2/h4-7,18H,3,8,15H2,1-2H3,(H,17,19). The average molecular weight is 274 g/mol. The summed E-state index contributed by atoms with van der Waals surface area (Å²) >= 11 is 0. The highest BCUT2D eigenvalue weighted by Crippen LogP contribution is 2.14. The van der Waals surface area contributed by atoms with Crippen LogP contribution in [0.25, 0.3) is 0 Å². The lowest BCUT2D eigenvalue weighted by molar-refractivity contribution is 0.0946. The number of benzene rings is 1. The van der Waals surface area contributed by atoms with Crippen LogP contribution in [0.3, 0.4) is 0 Å². The zero-order valence-electron chi connectivity index (χ0n) is 11.6. The van der Waals surface area contributed by atoms with Crippen LogP contribution in [0.2, 0.25) is 0 Å². The Labute approximate surface area is 117 Å². The monoisotopic (exact) mass is 274 g/mol. The number of hydrazine groups is 1. The molecule has 0 unspecified atom stereocenters. The van der Waals surface area contributed by atoms with Crippen LogP contribution in [0.15, 0.2) is 28.8 Å². The lowest BCUT2D eigenvalue weighted by Crippen LogP contribution is -2.23. The van der Waals surface area contributed by atoms with Gasteiger partial charge in [-0.2, -0.15) is 0 Å². The summed E-state index contributed by atoms with van der Waals surface area (Å²) in [5, 5.41) is 2.78. The van der Waals surface area contributed by atoms with E-state index in [2.05, 4.69) is 15.7 Å². The van der Waals surface area contributed by atoms with E-state index in [0.717, 1.165) is 23.4 Å². The highest BCUT2D eigenvalue weighted by Gasteiger charge is 2.10. The molecule has 106 valence electrons. The molecule has 0 spiro atoms. The summed E-state index contributed by atoms with van der Waals surface area (Å²) in [6.07, 6.45) is 2.46. The van der Waals surface area contributed by atoms with Crippen molar-refractivity contribution in [3.05, 3.63) is 47.2 Å². The van der Waals surface area contributed by atoms with E-state index in [9.17, 15) is 4.79 Å². The van der Waals surface area contributed by atoms with Gasteiger partial charge in [0.25, 0.3) is 5.91 Å². The second kappa shape index (κ2) is 6.21. The molecule has 0 saturated carbocycles. The number of nitrogens with one attached hydrogen (secondary N) is 2. The molecule has 0 atom stereocenters. The number of anilines is 1. The molecule has 0 fully saturated rings. The van der Waals surface area contributed by atoms with E-state index in [1.807, 2.05) is 19.9 Å².